The van der Waals surface area contributed by atoms with Crippen molar-refractivity contribution in [2.75, 3.05) is 25.5 Å². The van der Waals surface area contributed by atoms with Crippen LogP contribution >= 0.6 is 0 Å². The van der Waals surface area contributed by atoms with Crippen molar-refractivity contribution in [1.29, 1.82) is 0 Å². The highest BCUT2D eigenvalue weighted by Gasteiger charge is 2.10. The van der Waals surface area contributed by atoms with Gasteiger partial charge in [0.1, 0.15) is 5.75 Å². The number of rotatable bonds is 6. The molecule has 25 heavy (non-hydrogen) atoms. The van der Waals surface area contributed by atoms with Crippen LogP contribution in [0.3, 0.4) is 0 Å². The van der Waals surface area contributed by atoms with E-state index in [0.29, 0.717) is 16.9 Å². The fraction of sp³-hybridized carbons (Fsp3) is 0.211. The number of esters is 1. The number of nitrogens with zero attached hydrogens (tertiary/aromatic N) is 1. The summed E-state index contributed by atoms with van der Waals surface area (Å²) in [6, 6.07) is 13.3. The minimum absolute atomic E-state index is 0.0914. The van der Waals surface area contributed by atoms with Crippen LogP contribution in [-0.4, -0.2) is 38.3 Å². The maximum Gasteiger partial charge on any atom is 0.308 e. The van der Waals surface area contributed by atoms with Crippen molar-refractivity contribution in [3.8, 4) is 5.75 Å². The summed E-state index contributed by atoms with van der Waals surface area (Å²) in [5.41, 5.74) is 1.91. The number of nitrogens with one attached hydrogen (secondary N) is 1. The Morgan fingerprint density at radius 2 is 1.48 bits per heavy atom. The van der Waals surface area contributed by atoms with Crippen molar-refractivity contribution in [3.05, 3.63) is 59.7 Å². The Kier molecular flexibility index (Phi) is 5.89. The van der Waals surface area contributed by atoms with Crippen molar-refractivity contribution in [1.82, 2.24) is 5.32 Å². The molecule has 6 heteroatoms. The molecule has 0 saturated carbocycles. The molecule has 2 rings (SSSR count). The summed E-state index contributed by atoms with van der Waals surface area (Å²) in [4.78, 5) is 37.0. The van der Waals surface area contributed by atoms with Crippen LogP contribution in [-0.2, 0) is 4.79 Å². The zero-order valence-electron chi connectivity index (χ0n) is 14.4. The fourth-order valence-corrected chi connectivity index (χ4v) is 2.15. The third-order valence-electron chi connectivity index (χ3n) is 3.49. The molecule has 1 N–H and O–H groups in total. The number of hydrogen-bond donors (Lipinski definition) is 1. The van der Waals surface area contributed by atoms with Crippen molar-refractivity contribution < 1.29 is 19.1 Å². The van der Waals surface area contributed by atoms with Gasteiger partial charge in [0.25, 0.3) is 5.91 Å². The smallest absolute Gasteiger partial charge is 0.308 e. The molecule has 0 fully saturated rings. The molecule has 0 spiro atoms. The van der Waals surface area contributed by atoms with Crippen molar-refractivity contribution >= 4 is 23.3 Å². The number of benzene rings is 2. The Hall–Kier alpha value is -3.15. The average molecular weight is 340 g/mol. The maximum atomic E-state index is 12.2. The van der Waals surface area contributed by atoms with Crippen molar-refractivity contribution in [3.63, 3.8) is 0 Å². The molecule has 0 aliphatic carbocycles. The van der Waals surface area contributed by atoms with Crippen molar-refractivity contribution in [2.24, 2.45) is 0 Å². The van der Waals surface area contributed by atoms with Crippen LogP contribution in [0.1, 0.15) is 27.6 Å². The highest BCUT2D eigenvalue weighted by atomic mass is 16.5. The van der Waals surface area contributed by atoms with Crippen LogP contribution in [0.15, 0.2) is 48.5 Å². The topological polar surface area (TPSA) is 75.7 Å². The van der Waals surface area contributed by atoms with Gasteiger partial charge in [-0.2, -0.15) is 0 Å². The second kappa shape index (κ2) is 8.10. The van der Waals surface area contributed by atoms with Gasteiger partial charge in [-0.05, 0) is 48.5 Å². The van der Waals surface area contributed by atoms with Gasteiger partial charge >= 0.3 is 5.97 Å². The molecule has 0 aromatic heterocycles. The summed E-state index contributed by atoms with van der Waals surface area (Å²) in [7, 11) is 3.84. The van der Waals surface area contributed by atoms with E-state index in [9.17, 15) is 14.4 Å². The number of amides is 1. The second-order valence-corrected chi connectivity index (χ2v) is 5.67. The summed E-state index contributed by atoms with van der Waals surface area (Å²) in [6.45, 7) is 1.21. The predicted molar refractivity (Wildman–Crippen MR) is 95.2 cm³/mol. The quantitative estimate of drug-likeness (QED) is 0.496. The van der Waals surface area contributed by atoms with Crippen LogP contribution in [0.25, 0.3) is 0 Å². The van der Waals surface area contributed by atoms with E-state index in [2.05, 4.69) is 5.32 Å². The van der Waals surface area contributed by atoms with E-state index >= 15 is 0 Å². The first-order valence-electron chi connectivity index (χ1n) is 7.74. The largest absolute Gasteiger partial charge is 0.427 e. The lowest BCUT2D eigenvalue weighted by Gasteiger charge is -2.12. The van der Waals surface area contributed by atoms with E-state index in [1.54, 1.807) is 12.1 Å². The lowest BCUT2D eigenvalue weighted by atomic mass is 10.1. The fourth-order valence-electron chi connectivity index (χ4n) is 2.15. The zero-order valence-corrected chi connectivity index (χ0v) is 14.4. The maximum absolute atomic E-state index is 12.2. The van der Waals surface area contributed by atoms with Gasteiger partial charge in [0.05, 0.1) is 6.54 Å². The van der Waals surface area contributed by atoms with Gasteiger partial charge in [0.2, 0.25) is 0 Å². The van der Waals surface area contributed by atoms with Gasteiger partial charge in [0.15, 0.2) is 5.78 Å². The summed E-state index contributed by atoms with van der Waals surface area (Å²) < 4.78 is 4.90. The monoisotopic (exact) mass is 340 g/mol. The van der Waals surface area contributed by atoms with Crippen LogP contribution in [0.4, 0.5) is 5.69 Å². The standard InChI is InChI=1S/C19H20N2O4/c1-13(22)25-17-10-6-15(7-11-17)19(24)20-12-18(23)14-4-8-16(9-5-14)21(2)3/h4-11H,12H2,1-3H3,(H,20,24). The molecule has 0 bridgehead atoms. The number of Topliss-reactive ketones (excluding diaryl/α,β-unsaturated/α-hetero) is 1. The summed E-state index contributed by atoms with van der Waals surface area (Å²) in [6.07, 6.45) is 0. The second-order valence-electron chi connectivity index (χ2n) is 5.67. The van der Waals surface area contributed by atoms with E-state index in [4.69, 9.17) is 4.74 Å². The van der Waals surface area contributed by atoms with Crippen LogP contribution in [0, 0.1) is 0 Å². The average Bonchev–Trinajstić information content (AvgIpc) is 2.59. The number of carbonyl (C=O) groups excluding carboxylic acids is 3. The third-order valence-corrected chi connectivity index (χ3v) is 3.49. The van der Waals surface area contributed by atoms with Crippen LogP contribution < -0.4 is 15.0 Å². The van der Waals surface area contributed by atoms with E-state index in [1.165, 1.54) is 31.2 Å². The summed E-state index contributed by atoms with van der Waals surface area (Å²) in [5, 5.41) is 2.59. The molecule has 0 heterocycles. The minimum atomic E-state index is -0.428. The summed E-state index contributed by atoms with van der Waals surface area (Å²) in [5.74, 6) is -0.605. The lowest BCUT2D eigenvalue weighted by Crippen LogP contribution is -2.29. The first-order chi connectivity index (χ1) is 11.9. The molecule has 130 valence electrons. The zero-order chi connectivity index (χ0) is 18.4. The van der Waals surface area contributed by atoms with E-state index < -0.39 is 5.97 Å². The molecule has 0 atom stereocenters. The minimum Gasteiger partial charge on any atom is -0.427 e. The molecule has 2 aromatic rings. The normalized spacial score (nSPS) is 10.0. The van der Waals surface area contributed by atoms with Crippen LogP contribution in [0.2, 0.25) is 0 Å². The Morgan fingerprint density at radius 1 is 0.920 bits per heavy atom. The Bertz CT molecular complexity index is 765. The van der Waals surface area contributed by atoms with Gasteiger partial charge in [-0.25, -0.2) is 0 Å². The Morgan fingerprint density at radius 3 is 2.00 bits per heavy atom. The van der Waals surface area contributed by atoms with Crippen LogP contribution in [0.5, 0.6) is 5.75 Å². The lowest BCUT2D eigenvalue weighted by molar-refractivity contribution is -0.131. The van der Waals surface area contributed by atoms with E-state index in [-0.39, 0.29) is 18.2 Å². The van der Waals surface area contributed by atoms with Gasteiger partial charge in [0, 0.05) is 37.8 Å². The molecular formula is C19H20N2O4. The molecule has 2 aromatic carbocycles. The number of carbonyl (C=O) groups is 3. The Balaban J connectivity index is 1.92. The van der Waals surface area contributed by atoms with E-state index in [0.717, 1.165) is 5.69 Å². The summed E-state index contributed by atoms with van der Waals surface area (Å²) >= 11 is 0. The number of anilines is 1. The first kappa shape index (κ1) is 18.2. The Labute approximate surface area is 146 Å². The predicted octanol–water partition coefficient (Wildman–Crippen LogP) is 2.29. The van der Waals surface area contributed by atoms with E-state index in [1.807, 2.05) is 31.1 Å². The molecule has 0 saturated heterocycles. The third kappa shape index (κ3) is 5.17. The molecule has 0 radical (unpaired) electrons. The van der Waals surface area contributed by atoms with Gasteiger partial charge < -0.3 is 15.0 Å². The molecule has 0 unspecified atom stereocenters. The SMILES string of the molecule is CC(=O)Oc1ccc(C(=O)NCC(=O)c2ccc(N(C)C)cc2)cc1. The highest BCUT2D eigenvalue weighted by Crippen LogP contribution is 2.13. The number of ether oxygens (including phenoxy) is 1. The van der Waals surface area contributed by atoms with Crippen molar-refractivity contribution in [2.45, 2.75) is 6.92 Å². The molecule has 6 nitrogen and oxygen atoms in total. The molecular weight excluding hydrogens is 320 g/mol. The number of hydrogen-bond acceptors (Lipinski definition) is 5. The van der Waals surface area contributed by atoms with Gasteiger partial charge in [-0.15, -0.1) is 0 Å². The molecule has 1 amide bonds. The first-order valence-corrected chi connectivity index (χ1v) is 7.74. The molecule has 0 aliphatic rings. The molecule has 0 aliphatic heterocycles. The van der Waals surface area contributed by atoms with Gasteiger partial charge in [-0.1, -0.05) is 0 Å². The van der Waals surface area contributed by atoms with Gasteiger partial charge in [-0.3, -0.25) is 14.4 Å². The number of ketones is 1. The highest BCUT2D eigenvalue weighted by molar-refractivity contribution is 6.02.